The van der Waals surface area contributed by atoms with Gasteiger partial charge in [-0.1, -0.05) is 6.92 Å². The van der Waals surface area contributed by atoms with Gasteiger partial charge in [0, 0.05) is 6.42 Å². The van der Waals surface area contributed by atoms with Gasteiger partial charge in [-0.15, -0.1) is 0 Å². The minimum absolute atomic E-state index is 0.0704. The van der Waals surface area contributed by atoms with Gasteiger partial charge in [-0.05, 0) is 45.1 Å². The molecule has 2 nitrogen and oxygen atoms in total. The highest BCUT2D eigenvalue weighted by Crippen LogP contribution is 2.11. The van der Waals surface area contributed by atoms with Gasteiger partial charge in [0.2, 0.25) is 0 Å². The van der Waals surface area contributed by atoms with E-state index in [1.807, 2.05) is 32.5 Å². The van der Waals surface area contributed by atoms with Crippen LogP contribution in [0.1, 0.15) is 47.0 Å². The van der Waals surface area contributed by atoms with Crippen LogP contribution in [-0.2, 0) is 9.53 Å². The number of hydrogen-bond acceptors (Lipinski definition) is 3. The van der Waals surface area contributed by atoms with E-state index in [4.69, 9.17) is 4.74 Å². The van der Waals surface area contributed by atoms with Gasteiger partial charge in [-0.25, -0.2) is 0 Å². The monoisotopic (exact) mass is 218 g/mol. The number of esters is 1. The van der Waals surface area contributed by atoms with E-state index in [-0.39, 0.29) is 11.6 Å². The number of carbonyl (C=O) groups is 1. The molecule has 0 aromatic heterocycles. The minimum Gasteiger partial charge on any atom is -0.460 e. The molecular weight excluding hydrogens is 196 g/mol. The summed E-state index contributed by atoms with van der Waals surface area (Å²) in [6.45, 7) is 7.85. The maximum absolute atomic E-state index is 11.3. The molecule has 84 valence electrons. The number of hydrogen-bond donors (Lipinski definition) is 0. The zero-order valence-corrected chi connectivity index (χ0v) is 10.6. The Morgan fingerprint density at radius 3 is 2.43 bits per heavy atom. The van der Waals surface area contributed by atoms with E-state index in [1.54, 1.807) is 0 Å². The van der Waals surface area contributed by atoms with Crippen LogP contribution in [-0.4, -0.2) is 23.1 Å². The molecule has 0 aromatic carbocycles. The Kier molecular flexibility index (Phi) is 7.06. The quantitative estimate of drug-likeness (QED) is 0.505. The lowest BCUT2D eigenvalue weighted by Crippen LogP contribution is -2.23. The second-order valence-electron chi connectivity index (χ2n) is 4.24. The molecule has 0 radical (unpaired) electrons. The van der Waals surface area contributed by atoms with E-state index in [1.165, 1.54) is 0 Å². The Bertz CT molecular complexity index is 161. The Morgan fingerprint density at radius 2 is 1.93 bits per heavy atom. The van der Waals surface area contributed by atoms with Crippen molar-refractivity contribution in [1.82, 2.24) is 0 Å². The number of ether oxygens (including phenoxy) is 1. The second-order valence-corrected chi connectivity index (χ2v) is 5.63. The lowest BCUT2D eigenvalue weighted by molar-refractivity contribution is -0.154. The number of rotatable bonds is 6. The van der Waals surface area contributed by atoms with Crippen molar-refractivity contribution in [2.24, 2.45) is 0 Å². The summed E-state index contributed by atoms with van der Waals surface area (Å²) >= 11 is 1.92. The Balaban J connectivity index is 3.36. The molecular formula is C11H22O2S. The maximum atomic E-state index is 11.3. The van der Waals surface area contributed by atoms with E-state index in [9.17, 15) is 4.79 Å². The van der Waals surface area contributed by atoms with Crippen molar-refractivity contribution in [2.45, 2.75) is 52.6 Å². The fraction of sp³-hybridized carbons (Fsp3) is 0.909. The molecule has 0 amide bonds. The van der Waals surface area contributed by atoms with Gasteiger partial charge in [0.15, 0.2) is 0 Å². The summed E-state index contributed by atoms with van der Waals surface area (Å²) in [6.07, 6.45) is 2.61. The summed E-state index contributed by atoms with van der Waals surface area (Å²) in [5, 5.41) is 0. The van der Waals surface area contributed by atoms with Crippen LogP contribution < -0.4 is 0 Å². The van der Waals surface area contributed by atoms with Gasteiger partial charge in [-0.3, -0.25) is 4.79 Å². The highest BCUT2D eigenvalue weighted by Gasteiger charge is 2.15. The van der Waals surface area contributed by atoms with E-state index in [0.717, 1.165) is 24.3 Å². The third-order valence-corrected chi connectivity index (χ3v) is 2.53. The van der Waals surface area contributed by atoms with Crippen LogP contribution in [0.4, 0.5) is 0 Å². The molecule has 0 aliphatic rings. The third kappa shape index (κ3) is 9.90. The molecule has 0 heterocycles. The predicted octanol–water partition coefficient (Wildman–Crippen LogP) is 3.25. The van der Waals surface area contributed by atoms with Crippen LogP contribution in [0, 0.1) is 0 Å². The molecule has 0 spiro atoms. The summed E-state index contributed by atoms with van der Waals surface area (Å²) in [5.41, 5.74) is -0.338. The molecule has 0 aromatic rings. The first kappa shape index (κ1) is 13.8. The van der Waals surface area contributed by atoms with Gasteiger partial charge < -0.3 is 4.74 Å². The number of carbonyl (C=O) groups excluding carboxylic acids is 1. The van der Waals surface area contributed by atoms with Crippen molar-refractivity contribution >= 4 is 17.7 Å². The van der Waals surface area contributed by atoms with Crippen molar-refractivity contribution in [1.29, 1.82) is 0 Å². The molecule has 0 saturated carbocycles. The van der Waals surface area contributed by atoms with E-state index < -0.39 is 0 Å². The van der Waals surface area contributed by atoms with Crippen LogP contribution in [0.15, 0.2) is 0 Å². The first-order valence-corrected chi connectivity index (χ1v) is 6.41. The molecule has 0 unspecified atom stereocenters. The smallest absolute Gasteiger partial charge is 0.306 e. The van der Waals surface area contributed by atoms with Crippen LogP contribution in [0.2, 0.25) is 0 Å². The fourth-order valence-electron chi connectivity index (χ4n) is 1.01. The zero-order chi connectivity index (χ0) is 11.0. The van der Waals surface area contributed by atoms with E-state index >= 15 is 0 Å². The summed E-state index contributed by atoms with van der Waals surface area (Å²) in [6, 6.07) is 0. The predicted molar refractivity (Wildman–Crippen MR) is 62.7 cm³/mol. The fourth-order valence-corrected chi connectivity index (χ4v) is 1.71. The lowest BCUT2D eigenvalue weighted by Gasteiger charge is -2.19. The first-order valence-electron chi connectivity index (χ1n) is 5.25. The molecule has 0 N–H and O–H groups in total. The zero-order valence-electron chi connectivity index (χ0n) is 9.76. The van der Waals surface area contributed by atoms with Crippen molar-refractivity contribution in [3.63, 3.8) is 0 Å². The van der Waals surface area contributed by atoms with Crippen molar-refractivity contribution in [3.8, 4) is 0 Å². The molecule has 0 aliphatic carbocycles. The molecule has 0 rings (SSSR count). The lowest BCUT2D eigenvalue weighted by atomic mass is 10.2. The summed E-state index contributed by atoms with van der Waals surface area (Å²) in [5.74, 6) is 2.24. The molecule has 3 heteroatoms. The Morgan fingerprint density at radius 1 is 1.29 bits per heavy atom. The highest BCUT2D eigenvalue weighted by molar-refractivity contribution is 7.99. The van der Waals surface area contributed by atoms with Gasteiger partial charge in [-0.2, -0.15) is 11.8 Å². The molecule has 0 aliphatic heterocycles. The molecule has 0 atom stereocenters. The average Bonchev–Trinajstić information content (AvgIpc) is 2.00. The van der Waals surface area contributed by atoms with Gasteiger partial charge in [0.1, 0.15) is 5.60 Å². The van der Waals surface area contributed by atoms with Gasteiger partial charge in [0.25, 0.3) is 0 Å². The maximum Gasteiger partial charge on any atom is 0.306 e. The molecule has 0 fully saturated rings. The molecule has 0 saturated heterocycles. The first-order chi connectivity index (χ1) is 6.45. The van der Waals surface area contributed by atoms with Crippen LogP contribution in [0.5, 0.6) is 0 Å². The molecule has 0 bridgehead atoms. The SMILES string of the molecule is CCSCCCCC(=O)OC(C)(C)C. The number of thioether (sulfide) groups is 1. The minimum atomic E-state index is -0.338. The van der Waals surface area contributed by atoms with Gasteiger partial charge >= 0.3 is 5.97 Å². The normalized spacial score (nSPS) is 11.4. The Hall–Kier alpha value is -0.180. The summed E-state index contributed by atoms with van der Waals surface area (Å²) in [4.78, 5) is 11.3. The summed E-state index contributed by atoms with van der Waals surface area (Å²) < 4.78 is 5.20. The largest absolute Gasteiger partial charge is 0.460 e. The van der Waals surface area contributed by atoms with Gasteiger partial charge in [0.05, 0.1) is 0 Å². The second kappa shape index (κ2) is 7.16. The van der Waals surface area contributed by atoms with E-state index in [2.05, 4.69) is 6.92 Å². The average molecular weight is 218 g/mol. The van der Waals surface area contributed by atoms with Crippen molar-refractivity contribution < 1.29 is 9.53 Å². The highest BCUT2D eigenvalue weighted by atomic mass is 32.2. The van der Waals surface area contributed by atoms with Crippen LogP contribution >= 0.6 is 11.8 Å². The van der Waals surface area contributed by atoms with Crippen molar-refractivity contribution in [3.05, 3.63) is 0 Å². The molecule has 14 heavy (non-hydrogen) atoms. The number of unbranched alkanes of at least 4 members (excludes halogenated alkanes) is 1. The topological polar surface area (TPSA) is 26.3 Å². The third-order valence-electron chi connectivity index (χ3n) is 1.54. The van der Waals surface area contributed by atoms with Crippen LogP contribution in [0.3, 0.4) is 0 Å². The van der Waals surface area contributed by atoms with E-state index in [0.29, 0.717) is 6.42 Å². The van der Waals surface area contributed by atoms with Crippen LogP contribution in [0.25, 0.3) is 0 Å². The summed E-state index contributed by atoms with van der Waals surface area (Å²) in [7, 11) is 0. The van der Waals surface area contributed by atoms with Crippen molar-refractivity contribution in [2.75, 3.05) is 11.5 Å². The Labute approximate surface area is 91.8 Å². The standard InChI is InChI=1S/C11H22O2S/c1-5-14-9-7-6-8-10(12)13-11(2,3)4/h5-9H2,1-4H3.